The number of carbonyl (C=O) groups excluding carboxylic acids is 1. The van der Waals surface area contributed by atoms with Crippen molar-refractivity contribution in [3.05, 3.63) is 42.2 Å². The van der Waals surface area contributed by atoms with Gasteiger partial charge >= 0.3 is 0 Å². The minimum atomic E-state index is 0.0109. The number of nitrogens with zero attached hydrogens (tertiary/aromatic N) is 1. The highest BCUT2D eigenvalue weighted by atomic mass is 16.1. The van der Waals surface area contributed by atoms with Gasteiger partial charge in [0.25, 0.3) is 0 Å². The predicted octanol–water partition coefficient (Wildman–Crippen LogP) is 3.46. The van der Waals surface area contributed by atoms with Crippen LogP contribution in [0.1, 0.15) is 31.3 Å². The first-order valence-electron chi connectivity index (χ1n) is 5.14. The normalized spacial score (nSPS) is 9.27. The zero-order valence-electron chi connectivity index (χ0n) is 9.32. The van der Waals surface area contributed by atoms with Crippen LogP contribution < -0.4 is 0 Å². The maximum atomic E-state index is 11.2. The smallest absolute Gasteiger partial charge is 0.178 e. The van der Waals surface area contributed by atoms with E-state index in [0.717, 1.165) is 10.8 Å². The quantitative estimate of drug-likeness (QED) is 0.661. The Kier molecular flexibility index (Phi) is 3.98. The molecule has 0 N–H and O–H groups in total. The number of hydrogen-bond acceptors (Lipinski definition) is 2. The standard InChI is InChI=1S/C11H9NO.C2H6/c1-8(13)11-10-5-3-2-4-9(10)6-7-12-11;1-2/h2-7H,1H3;1-2H3. The van der Waals surface area contributed by atoms with E-state index in [9.17, 15) is 4.79 Å². The van der Waals surface area contributed by atoms with Crippen LogP contribution in [0, 0.1) is 0 Å². The lowest BCUT2D eigenvalue weighted by atomic mass is 10.1. The van der Waals surface area contributed by atoms with Crippen molar-refractivity contribution in [2.75, 3.05) is 0 Å². The average molecular weight is 201 g/mol. The number of hydrogen-bond donors (Lipinski definition) is 0. The van der Waals surface area contributed by atoms with Crippen LogP contribution in [0.25, 0.3) is 10.8 Å². The number of pyridine rings is 1. The number of carbonyl (C=O) groups is 1. The maximum absolute atomic E-state index is 11.2. The van der Waals surface area contributed by atoms with Crippen molar-refractivity contribution in [1.82, 2.24) is 4.98 Å². The van der Waals surface area contributed by atoms with Crippen LogP contribution in [-0.4, -0.2) is 10.8 Å². The van der Waals surface area contributed by atoms with Gasteiger partial charge in [0.2, 0.25) is 0 Å². The molecule has 1 heterocycles. The maximum Gasteiger partial charge on any atom is 0.178 e. The molecule has 0 amide bonds. The van der Waals surface area contributed by atoms with E-state index in [1.165, 1.54) is 6.92 Å². The second-order valence-corrected chi connectivity index (χ2v) is 2.94. The Morgan fingerprint density at radius 3 is 2.47 bits per heavy atom. The third-order valence-electron chi connectivity index (χ3n) is 2.01. The Hall–Kier alpha value is -1.70. The van der Waals surface area contributed by atoms with Crippen molar-refractivity contribution in [3.8, 4) is 0 Å². The van der Waals surface area contributed by atoms with E-state index in [0.29, 0.717) is 5.69 Å². The van der Waals surface area contributed by atoms with Gasteiger partial charge in [-0.25, -0.2) is 0 Å². The summed E-state index contributed by atoms with van der Waals surface area (Å²) >= 11 is 0. The monoisotopic (exact) mass is 201 g/mol. The Balaban J connectivity index is 0.000000531. The molecule has 0 unspecified atom stereocenters. The molecule has 1 aromatic heterocycles. The predicted molar refractivity (Wildman–Crippen MR) is 63.1 cm³/mol. The van der Waals surface area contributed by atoms with Gasteiger partial charge in [0.05, 0.1) is 0 Å². The topological polar surface area (TPSA) is 30.0 Å². The van der Waals surface area contributed by atoms with Crippen LogP contribution in [0.4, 0.5) is 0 Å². The summed E-state index contributed by atoms with van der Waals surface area (Å²) in [6, 6.07) is 9.66. The van der Waals surface area contributed by atoms with Crippen LogP contribution in [0.15, 0.2) is 36.5 Å². The van der Waals surface area contributed by atoms with Gasteiger partial charge in [-0.1, -0.05) is 38.1 Å². The molecule has 2 rings (SSSR count). The summed E-state index contributed by atoms with van der Waals surface area (Å²) in [5, 5.41) is 1.99. The van der Waals surface area contributed by atoms with E-state index in [4.69, 9.17) is 0 Å². The van der Waals surface area contributed by atoms with Crippen molar-refractivity contribution < 1.29 is 4.79 Å². The number of benzene rings is 1. The van der Waals surface area contributed by atoms with Crippen LogP contribution >= 0.6 is 0 Å². The van der Waals surface area contributed by atoms with Crippen LogP contribution in [-0.2, 0) is 0 Å². The van der Waals surface area contributed by atoms with Gasteiger partial charge < -0.3 is 0 Å². The number of rotatable bonds is 1. The molecule has 78 valence electrons. The lowest BCUT2D eigenvalue weighted by Gasteiger charge is -2.00. The van der Waals surface area contributed by atoms with Gasteiger partial charge in [-0.3, -0.25) is 9.78 Å². The fourth-order valence-corrected chi connectivity index (χ4v) is 1.40. The Labute approximate surface area is 90.0 Å². The van der Waals surface area contributed by atoms with Crippen molar-refractivity contribution in [2.24, 2.45) is 0 Å². The van der Waals surface area contributed by atoms with E-state index >= 15 is 0 Å². The third-order valence-corrected chi connectivity index (χ3v) is 2.01. The second-order valence-electron chi connectivity index (χ2n) is 2.94. The molecule has 0 aliphatic rings. The highest BCUT2D eigenvalue weighted by Gasteiger charge is 2.04. The summed E-state index contributed by atoms with van der Waals surface area (Å²) in [5.41, 5.74) is 0.554. The number of aromatic nitrogens is 1. The Morgan fingerprint density at radius 2 is 1.80 bits per heavy atom. The molecule has 0 fully saturated rings. The van der Waals surface area contributed by atoms with Crippen molar-refractivity contribution >= 4 is 16.6 Å². The molecule has 0 radical (unpaired) electrons. The number of ketones is 1. The van der Waals surface area contributed by atoms with Crippen LogP contribution in [0.2, 0.25) is 0 Å². The Bertz CT molecular complexity index is 458. The van der Waals surface area contributed by atoms with Gasteiger partial charge in [0, 0.05) is 18.5 Å². The zero-order valence-corrected chi connectivity index (χ0v) is 9.32. The van der Waals surface area contributed by atoms with Crippen LogP contribution in [0.3, 0.4) is 0 Å². The lowest BCUT2D eigenvalue weighted by molar-refractivity contribution is 0.101. The largest absolute Gasteiger partial charge is 0.293 e. The van der Waals surface area contributed by atoms with Crippen molar-refractivity contribution in [1.29, 1.82) is 0 Å². The summed E-state index contributed by atoms with van der Waals surface area (Å²) in [7, 11) is 0. The fraction of sp³-hybridized carbons (Fsp3) is 0.231. The molecule has 2 aromatic rings. The minimum Gasteiger partial charge on any atom is -0.293 e. The molecular weight excluding hydrogens is 186 g/mol. The molecule has 15 heavy (non-hydrogen) atoms. The molecular formula is C13H15NO. The first kappa shape index (κ1) is 11.4. The molecule has 0 bridgehead atoms. The summed E-state index contributed by atoms with van der Waals surface area (Å²) in [4.78, 5) is 15.3. The van der Waals surface area contributed by atoms with E-state index in [2.05, 4.69) is 4.98 Å². The third kappa shape index (κ3) is 2.40. The first-order chi connectivity index (χ1) is 7.29. The molecule has 0 saturated heterocycles. The van der Waals surface area contributed by atoms with Gasteiger partial charge in [0.1, 0.15) is 5.69 Å². The molecule has 0 atom stereocenters. The van der Waals surface area contributed by atoms with E-state index < -0.39 is 0 Å². The van der Waals surface area contributed by atoms with Crippen molar-refractivity contribution in [2.45, 2.75) is 20.8 Å². The molecule has 0 spiro atoms. The summed E-state index contributed by atoms with van der Waals surface area (Å²) in [6.45, 7) is 5.54. The zero-order chi connectivity index (χ0) is 11.3. The number of fused-ring (bicyclic) bond motifs is 1. The summed E-state index contributed by atoms with van der Waals surface area (Å²) < 4.78 is 0. The minimum absolute atomic E-state index is 0.0109. The summed E-state index contributed by atoms with van der Waals surface area (Å²) in [5.74, 6) is 0.0109. The molecule has 2 nitrogen and oxygen atoms in total. The molecule has 0 saturated carbocycles. The number of Topliss-reactive ketones (excluding diaryl/α,β-unsaturated/α-hetero) is 1. The SMILES string of the molecule is CC.CC(=O)c1nccc2ccccc12. The molecule has 1 aromatic carbocycles. The average Bonchev–Trinajstić information content (AvgIpc) is 2.31. The molecule has 0 aliphatic heterocycles. The second kappa shape index (κ2) is 5.25. The van der Waals surface area contributed by atoms with E-state index in [1.807, 2.05) is 44.2 Å². The first-order valence-corrected chi connectivity index (χ1v) is 5.14. The lowest BCUT2D eigenvalue weighted by Crippen LogP contribution is -1.96. The van der Waals surface area contributed by atoms with E-state index in [-0.39, 0.29) is 5.78 Å². The van der Waals surface area contributed by atoms with Gasteiger partial charge in [-0.05, 0) is 11.5 Å². The molecule has 2 heteroatoms. The van der Waals surface area contributed by atoms with Crippen molar-refractivity contribution in [3.63, 3.8) is 0 Å². The van der Waals surface area contributed by atoms with E-state index in [1.54, 1.807) is 6.20 Å². The fourth-order valence-electron chi connectivity index (χ4n) is 1.40. The van der Waals surface area contributed by atoms with Crippen LogP contribution in [0.5, 0.6) is 0 Å². The van der Waals surface area contributed by atoms with Gasteiger partial charge in [-0.15, -0.1) is 0 Å². The highest BCUT2D eigenvalue weighted by Crippen LogP contribution is 2.16. The van der Waals surface area contributed by atoms with Gasteiger partial charge in [-0.2, -0.15) is 0 Å². The van der Waals surface area contributed by atoms with Gasteiger partial charge in [0.15, 0.2) is 5.78 Å². The molecule has 0 aliphatic carbocycles. The Morgan fingerprint density at radius 1 is 1.13 bits per heavy atom. The summed E-state index contributed by atoms with van der Waals surface area (Å²) in [6.07, 6.45) is 1.67. The highest BCUT2D eigenvalue weighted by molar-refractivity contribution is 6.04.